The molecule has 0 saturated heterocycles. The molecule has 0 spiro atoms. The Morgan fingerprint density at radius 2 is 1.59 bits per heavy atom. The minimum atomic E-state index is -3.94. The molecule has 1 heterocycles. The van der Waals surface area contributed by atoms with Crippen LogP contribution in [-0.2, 0) is 10.0 Å². The average Bonchev–Trinajstić information content (AvgIpc) is 3.26. The number of hydrazone groups is 1. The molecule has 4 rings (SSSR count). The quantitative estimate of drug-likeness (QED) is 0.542. The fourth-order valence-corrected chi connectivity index (χ4v) is 5.09. The zero-order valence-electron chi connectivity index (χ0n) is 17.9. The van der Waals surface area contributed by atoms with Gasteiger partial charge in [0.15, 0.2) is 11.5 Å². The zero-order chi connectivity index (χ0) is 22.9. The Balaban J connectivity index is 1.80. The van der Waals surface area contributed by atoms with Gasteiger partial charge >= 0.3 is 0 Å². The molecule has 1 aliphatic heterocycles. The number of nitrogens with zero attached hydrogens (tertiary/aromatic N) is 2. The Kier molecular flexibility index (Phi) is 5.88. The number of rotatable bonds is 6. The maximum Gasteiger partial charge on any atom is 0.279 e. The molecule has 8 heteroatoms. The van der Waals surface area contributed by atoms with Crippen molar-refractivity contribution in [2.75, 3.05) is 14.2 Å². The van der Waals surface area contributed by atoms with Gasteiger partial charge in [-0.1, -0.05) is 29.8 Å². The van der Waals surface area contributed by atoms with Gasteiger partial charge in [0.1, 0.15) is 5.82 Å². The van der Waals surface area contributed by atoms with Crippen molar-refractivity contribution in [1.29, 1.82) is 0 Å². The highest BCUT2D eigenvalue weighted by molar-refractivity contribution is 7.89. The predicted molar refractivity (Wildman–Crippen MR) is 120 cm³/mol. The second-order valence-electron chi connectivity index (χ2n) is 7.48. The molecule has 0 saturated carbocycles. The van der Waals surface area contributed by atoms with Gasteiger partial charge in [-0.3, -0.25) is 0 Å². The second-order valence-corrected chi connectivity index (χ2v) is 9.27. The van der Waals surface area contributed by atoms with Crippen LogP contribution in [0, 0.1) is 12.7 Å². The summed E-state index contributed by atoms with van der Waals surface area (Å²) in [5.41, 5.74) is 2.91. The lowest BCUT2D eigenvalue weighted by Gasteiger charge is -2.23. The maximum atomic E-state index is 13.5. The minimum absolute atomic E-state index is 0.146. The van der Waals surface area contributed by atoms with Crippen LogP contribution >= 0.6 is 0 Å². The van der Waals surface area contributed by atoms with Crippen LogP contribution in [0.2, 0.25) is 0 Å². The van der Waals surface area contributed by atoms with Crippen LogP contribution < -0.4 is 9.47 Å². The van der Waals surface area contributed by atoms with Gasteiger partial charge in [0, 0.05) is 12.0 Å². The molecule has 0 aliphatic carbocycles. The molecule has 166 valence electrons. The van der Waals surface area contributed by atoms with E-state index in [1.54, 1.807) is 55.6 Å². The molecule has 1 atom stereocenters. The maximum absolute atomic E-state index is 13.5. The third-order valence-corrected chi connectivity index (χ3v) is 7.11. The highest BCUT2D eigenvalue weighted by atomic mass is 32.2. The summed E-state index contributed by atoms with van der Waals surface area (Å²) in [6.45, 7) is 1.89. The van der Waals surface area contributed by atoms with Gasteiger partial charge in [0.2, 0.25) is 0 Å². The smallest absolute Gasteiger partial charge is 0.279 e. The van der Waals surface area contributed by atoms with E-state index in [0.29, 0.717) is 29.2 Å². The SMILES string of the molecule is COc1ccc(C2=NN(S(=O)(=O)c3ccc(C)cc3)[C@H](c3ccc(F)cc3)C2)cc1OC. The lowest BCUT2D eigenvalue weighted by Crippen LogP contribution is -2.27. The highest BCUT2D eigenvalue weighted by Crippen LogP contribution is 2.38. The first-order chi connectivity index (χ1) is 15.3. The third kappa shape index (κ3) is 4.05. The van der Waals surface area contributed by atoms with Gasteiger partial charge in [-0.2, -0.15) is 17.9 Å². The van der Waals surface area contributed by atoms with Crippen molar-refractivity contribution in [2.45, 2.75) is 24.3 Å². The molecule has 0 unspecified atom stereocenters. The number of sulfonamides is 1. The first kappa shape index (κ1) is 21.8. The number of halogens is 1. The standard InChI is InChI=1S/C24H23FN2O4S/c1-16-4-11-20(12-5-16)32(28,29)27-22(17-6-9-19(25)10-7-17)15-21(26-27)18-8-13-23(30-2)24(14-18)31-3/h4-14,22H,15H2,1-3H3/t22-/m0/s1. The van der Waals surface area contributed by atoms with E-state index in [9.17, 15) is 12.8 Å². The zero-order valence-corrected chi connectivity index (χ0v) is 18.8. The minimum Gasteiger partial charge on any atom is -0.493 e. The Morgan fingerprint density at radius 3 is 2.22 bits per heavy atom. The molecule has 3 aromatic carbocycles. The number of benzene rings is 3. The summed E-state index contributed by atoms with van der Waals surface area (Å²) in [6.07, 6.45) is 0.326. The van der Waals surface area contributed by atoms with E-state index in [2.05, 4.69) is 5.10 Å². The summed E-state index contributed by atoms with van der Waals surface area (Å²) in [7, 11) is -0.854. The van der Waals surface area contributed by atoms with Crippen LogP contribution in [0.1, 0.15) is 29.2 Å². The molecule has 3 aromatic rings. The summed E-state index contributed by atoms with van der Waals surface area (Å²) in [6, 6.07) is 17.2. The van der Waals surface area contributed by atoms with Crippen molar-refractivity contribution in [3.63, 3.8) is 0 Å². The normalized spacial score (nSPS) is 16.1. The molecule has 1 aliphatic rings. The van der Waals surface area contributed by atoms with Crippen LogP contribution in [0.25, 0.3) is 0 Å². The fourth-order valence-electron chi connectivity index (χ4n) is 3.65. The van der Waals surface area contributed by atoms with E-state index in [4.69, 9.17) is 9.47 Å². The monoisotopic (exact) mass is 454 g/mol. The number of ether oxygens (including phenoxy) is 2. The number of methoxy groups -OCH3 is 2. The largest absolute Gasteiger partial charge is 0.493 e. The number of hydrogen-bond donors (Lipinski definition) is 0. The van der Waals surface area contributed by atoms with Gasteiger partial charge in [-0.15, -0.1) is 0 Å². The van der Waals surface area contributed by atoms with E-state index >= 15 is 0 Å². The van der Waals surface area contributed by atoms with Crippen molar-refractivity contribution >= 4 is 15.7 Å². The second kappa shape index (κ2) is 8.63. The van der Waals surface area contributed by atoms with Crippen molar-refractivity contribution < 1.29 is 22.3 Å². The first-order valence-corrected chi connectivity index (χ1v) is 11.4. The van der Waals surface area contributed by atoms with Crippen LogP contribution in [0.4, 0.5) is 4.39 Å². The van der Waals surface area contributed by atoms with E-state index < -0.39 is 16.1 Å². The molecular weight excluding hydrogens is 431 g/mol. The van der Waals surface area contributed by atoms with Crippen molar-refractivity contribution in [3.05, 3.63) is 89.2 Å². The van der Waals surface area contributed by atoms with Crippen LogP contribution in [0.5, 0.6) is 11.5 Å². The van der Waals surface area contributed by atoms with Crippen LogP contribution in [0.15, 0.2) is 76.7 Å². The number of hydrogen-bond acceptors (Lipinski definition) is 5. The van der Waals surface area contributed by atoms with Crippen LogP contribution in [0.3, 0.4) is 0 Å². The molecular formula is C24H23FN2O4S. The van der Waals surface area contributed by atoms with E-state index in [1.165, 1.54) is 19.2 Å². The Labute approximate surface area is 187 Å². The predicted octanol–water partition coefficient (Wildman–Crippen LogP) is 4.69. The van der Waals surface area contributed by atoms with Crippen molar-refractivity contribution in [3.8, 4) is 11.5 Å². The van der Waals surface area contributed by atoms with Gasteiger partial charge in [0.05, 0.1) is 30.9 Å². The van der Waals surface area contributed by atoms with Crippen molar-refractivity contribution in [1.82, 2.24) is 4.41 Å². The Bertz CT molecular complexity index is 1260. The summed E-state index contributed by atoms with van der Waals surface area (Å²) in [5, 5.41) is 4.51. The third-order valence-electron chi connectivity index (χ3n) is 5.41. The topological polar surface area (TPSA) is 68.2 Å². The van der Waals surface area contributed by atoms with E-state index in [-0.39, 0.29) is 10.7 Å². The lowest BCUT2D eigenvalue weighted by molar-refractivity contribution is 0.355. The van der Waals surface area contributed by atoms with Gasteiger partial charge < -0.3 is 9.47 Å². The molecule has 0 N–H and O–H groups in total. The Morgan fingerprint density at radius 1 is 0.938 bits per heavy atom. The average molecular weight is 455 g/mol. The number of aryl methyl sites for hydroxylation is 1. The summed E-state index contributed by atoms with van der Waals surface area (Å²) >= 11 is 0. The van der Waals surface area contributed by atoms with Crippen LogP contribution in [-0.4, -0.2) is 32.8 Å². The molecule has 0 fully saturated rings. The fraction of sp³-hybridized carbons (Fsp3) is 0.208. The lowest BCUT2D eigenvalue weighted by atomic mass is 9.99. The van der Waals surface area contributed by atoms with Crippen molar-refractivity contribution in [2.24, 2.45) is 5.10 Å². The summed E-state index contributed by atoms with van der Waals surface area (Å²) in [4.78, 5) is 0.146. The van der Waals surface area contributed by atoms with E-state index in [0.717, 1.165) is 15.5 Å². The van der Waals surface area contributed by atoms with Gasteiger partial charge in [-0.25, -0.2) is 4.39 Å². The van der Waals surface area contributed by atoms with E-state index in [1.807, 2.05) is 13.0 Å². The molecule has 0 bridgehead atoms. The highest BCUT2D eigenvalue weighted by Gasteiger charge is 2.37. The Hall–Kier alpha value is -3.39. The molecule has 32 heavy (non-hydrogen) atoms. The molecule has 6 nitrogen and oxygen atoms in total. The molecule has 0 radical (unpaired) electrons. The molecule has 0 aromatic heterocycles. The van der Waals surface area contributed by atoms with Gasteiger partial charge in [0.25, 0.3) is 10.0 Å². The molecule has 0 amide bonds. The summed E-state index contributed by atoms with van der Waals surface area (Å²) < 4.78 is 52.3. The van der Waals surface area contributed by atoms with Gasteiger partial charge in [-0.05, 0) is 55.0 Å². The summed E-state index contributed by atoms with van der Waals surface area (Å²) in [5.74, 6) is 0.695. The first-order valence-electron chi connectivity index (χ1n) is 10.00.